The summed E-state index contributed by atoms with van der Waals surface area (Å²) in [6.07, 6.45) is 0.290. The number of hydrogen-bond donors (Lipinski definition) is 1. The minimum atomic E-state index is -4.17. The zero-order valence-corrected chi connectivity index (χ0v) is 24.9. The van der Waals surface area contributed by atoms with Gasteiger partial charge in [-0.15, -0.1) is 0 Å². The maximum Gasteiger partial charge on any atom is 0.264 e. The Kier molecular flexibility index (Phi) is 10.7. The summed E-state index contributed by atoms with van der Waals surface area (Å²) >= 11 is 18.7. The molecule has 3 aromatic carbocycles. The minimum Gasteiger partial charge on any atom is -0.352 e. The highest BCUT2D eigenvalue weighted by molar-refractivity contribution is 7.92. The first-order valence-electron chi connectivity index (χ1n) is 12.3. The summed E-state index contributed by atoms with van der Waals surface area (Å²) in [5.41, 5.74) is 0.772. The predicted octanol–water partition coefficient (Wildman–Crippen LogP) is 6.17. The number of carbonyl (C=O) groups is 2. The molecule has 0 bridgehead atoms. The molecule has 7 nitrogen and oxygen atoms in total. The largest absolute Gasteiger partial charge is 0.352 e. The Bertz CT molecular complexity index is 1420. The number of anilines is 1. The number of nitrogens with zero attached hydrogens (tertiary/aromatic N) is 2. The van der Waals surface area contributed by atoms with Crippen molar-refractivity contribution in [2.75, 3.05) is 10.8 Å². The summed E-state index contributed by atoms with van der Waals surface area (Å²) in [5, 5.41) is 3.90. The fraction of sp³-hybridized carbons (Fsp3) is 0.286. The van der Waals surface area contributed by atoms with E-state index in [0.29, 0.717) is 20.6 Å². The Labute approximate surface area is 244 Å². The lowest BCUT2D eigenvalue weighted by atomic mass is 10.1. The second-order valence-electron chi connectivity index (χ2n) is 9.15. The molecule has 3 aromatic rings. The van der Waals surface area contributed by atoms with Crippen LogP contribution < -0.4 is 9.62 Å². The van der Waals surface area contributed by atoms with Crippen LogP contribution in [0.5, 0.6) is 0 Å². The molecular formula is C28H30Cl3N3O4S. The average molecular weight is 611 g/mol. The maximum atomic E-state index is 14.0. The van der Waals surface area contributed by atoms with Gasteiger partial charge in [0.15, 0.2) is 0 Å². The van der Waals surface area contributed by atoms with Crippen LogP contribution in [0.25, 0.3) is 0 Å². The number of sulfonamides is 1. The van der Waals surface area contributed by atoms with Crippen molar-refractivity contribution >= 4 is 62.3 Å². The number of rotatable bonds is 11. The van der Waals surface area contributed by atoms with E-state index < -0.39 is 28.5 Å². The van der Waals surface area contributed by atoms with Crippen LogP contribution in [0.2, 0.25) is 15.1 Å². The predicted molar refractivity (Wildman–Crippen MR) is 157 cm³/mol. The highest BCUT2D eigenvalue weighted by Gasteiger charge is 2.34. The zero-order valence-electron chi connectivity index (χ0n) is 21.8. The van der Waals surface area contributed by atoms with Crippen LogP contribution in [0, 0.1) is 0 Å². The third kappa shape index (κ3) is 7.88. The lowest BCUT2D eigenvalue weighted by molar-refractivity contribution is -0.140. The van der Waals surface area contributed by atoms with Crippen LogP contribution in [0.15, 0.2) is 77.7 Å². The molecule has 2 amide bonds. The lowest BCUT2D eigenvalue weighted by Gasteiger charge is -2.33. The van der Waals surface area contributed by atoms with E-state index in [1.165, 1.54) is 23.1 Å². The fourth-order valence-corrected chi connectivity index (χ4v) is 6.09. The van der Waals surface area contributed by atoms with Gasteiger partial charge in [-0.25, -0.2) is 8.42 Å². The molecule has 0 spiro atoms. The molecule has 0 aliphatic rings. The number of nitrogens with one attached hydrogen (secondary N) is 1. The monoisotopic (exact) mass is 609 g/mol. The zero-order chi connectivity index (χ0) is 28.7. The fourth-order valence-electron chi connectivity index (χ4n) is 4.01. The van der Waals surface area contributed by atoms with Crippen LogP contribution in [-0.4, -0.2) is 43.8 Å². The molecule has 0 aliphatic heterocycles. The standard InChI is InChI=1S/C28H30Cl3N3O4S/c1-4-26(28(36)32-19(2)3)33(17-20-13-14-22(30)16-25(20)31)27(35)18-34(23-10-8-9-21(29)15-23)39(37,38)24-11-6-5-7-12-24/h5-16,19,26H,4,17-18H2,1-3H3,(H,32,36). The van der Waals surface area contributed by atoms with Gasteiger partial charge in [-0.05, 0) is 68.3 Å². The Hall–Kier alpha value is -2.78. The molecule has 1 atom stereocenters. The van der Waals surface area contributed by atoms with Crippen LogP contribution in [-0.2, 0) is 26.2 Å². The number of amides is 2. The van der Waals surface area contributed by atoms with Gasteiger partial charge in [0.25, 0.3) is 10.0 Å². The van der Waals surface area contributed by atoms with Gasteiger partial charge in [0.2, 0.25) is 11.8 Å². The topological polar surface area (TPSA) is 86.8 Å². The molecule has 0 fully saturated rings. The van der Waals surface area contributed by atoms with Gasteiger partial charge >= 0.3 is 0 Å². The van der Waals surface area contributed by atoms with Gasteiger partial charge in [0.1, 0.15) is 12.6 Å². The van der Waals surface area contributed by atoms with Crippen molar-refractivity contribution in [3.8, 4) is 0 Å². The first kappa shape index (κ1) is 30.8. The van der Waals surface area contributed by atoms with E-state index in [2.05, 4.69) is 5.32 Å². The maximum absolute atomic E-state index is 14.0. The second-order valence-corrected chi connectivity index (χ2v) is 12.3. The molecule has 0 heterocycles. The van der Waals surface area contributed by atoms with Crippen molar-refractivity contribution in [3.63, 3.8) is 0 Å². The molecule has 208 valence electrons. The average Bonchev–Trinajstić information content (AvgIpc) is 2.88. The molecule has 0 aliphatic carbocycles. The van der Waals surface area contributed by atoms with E-state index in [1.807, 2.05) is 13.8 Å². The van der Waals surface area contributed by atoms with E-state index in [0.717, 1.165) is 4.31 Å². The Morgan fingerprint density at radius 2 is 1.56 bits per heavy atom. The van der Waals surface area contributed by atoms with Crippen molar-refractivity contribution in [1.82, 2.24) is 10.2 Å². The normalized spacial score (nSPS) is 12.2. The summed E-state index contributed by atoms with van der Waals surface area (Å²) in [4.78, 5) is 28.5. The second kappa shape index (κ2) is 13.5. The lowest BCUT2D eigenvalue weighted by Crippen LogP contribution is -2.53. The Morgan fingerprint density at radius 1 is 0.897 bits per heavy atom. The molecule has 0 radical (unpaired) electrons. The van der Waals surface area contributed by atoms with Crippen LogP contribution in [0.4, 0.5) is 5.69 Å². The van der Waals surface area contributed by atoms with Crippen molar-refractivity contribution in [2.24, 2.45) is 0 Å². The van der Waals surface area contributed by atoms with Gasteiger partial charge in [-0.1, -0.05) is 72.1 Å². The van der Waals surface area contributed by atoms with Crippen LogP contribution >= 0.6 is 34.8 Å². The summed E-state index contributed by atoms with van der Waals surface area (Å²) < 4.78 is 28.5. The van der Waals surface area contributed by atoms with Gasteiger partial charge in [-0.2, -0.15) is 0 Å². The molecule has 1 unspecified atom stereocenters. The third-order valence-corrected chi connectivity index (χ3v) is 8.49. The summed E-state index contributed by atoms with van der Waals surface area (Å²) in [6.45, 7) is 4.81. The van der Waals surface area contributed by atoms with E-state index in [1.54, 1.807) is 61.5 Å². The highest BCUT2D eigenvalue weighted by Crippen LogP contribution is 2.28. The van der Waals surface area contributed by atoms with Crippen molar-refractivity contribution in [1.29, 1.82) is 0 Å². The minimum absolute atomic E-state index is 0.00895. The third-order valence-electron chi connectivity index (χ3n) is 5.88. The molecule has 0 aromatic heterocycles. The molecule has 3 rings (SSSR count). The number of hydrogen-bond acceptors (Lipinski definition) is 4. The quantitative estimate of drug-likeness (QED) is 0.281. The molecule has 1 N–H and O–H groups in total. The van der Waals surface area contributed by atoms with Crippen molar-refractivity contribution < 1.29 is 18.0 Å². The van der Waals surface area contributed by atoms with Gasteiger partial charge in [0.05, 0.1) is 10.6 Å². The van der Waals surface area contributed by atoms with Gasteiger partial charge in [0, 0.05) is 27.7 Å². The summed E-state index contributed by atoms with van der Waals surface area (Å²) in [6, 6.07) is 17.9. The number of carbonyl (C=O) groups excluding carboxylic acids is 2. The first-order valence-corrected chi connectivity index (χ1v) is 14.9. The number of halogens is 3. The molecule has 39 heavy (non-hydrogen) atoms. The Balaban J connectivity index is 2.08. The summed E-state index contributed by atoms with van der Waals surface area (Å²) in [7, 11) is -4.17. The van der Waals surface area contributed by atoms with E-state index >= 15 is 0 Å². The van der Waals surface area contributed by atoms with E-state index in [4.69, 9.17) is 34.8 Å². The highest BCUT2D eigenvalue weighted by atomic mass is 35.5. The van der Waals surface area contributed by atoms with Crippen LogP contribution in [0.3, 0.4) is 0 Å². The van der Waals surface area contributed by atoms with E-state index in [-0.39, 0.29) is 35.5 Å². The SMILES string of the molecule is CCC(C(=O)NC(C)C)N(Cc1ccc(Cl)cc1Cl)C(=O)CN(c1cccc(Cl)c1)S(=O)(=O)c1ccccc1. The molecular weight excluding hydrogens is 581 g/mol. The molecule has 0 saturated carbocycles. The van der Waals surface area contributed by atoms with Gasteiger partial charge in [-0.3, -0.25) is 13.9 Å². The molecule has 0 saturated heterocycles. The molecule has 11 heteroatoms. The summed E-state index contributed by atoms with van der Waals surface area (Å²) in [5.74, 6) is -0.947. The van der Waals surface area contributed by atoms with Crippen molar-refractivity contribution in [2.45, 2.75) is 50.7 Å². The Morgan fingerprint density at radius 3 is 2.15 bits per heavy atom. The number of benzene rings is 3. The van der Waals surface area contributed by atoms with Crippen LogP contribution in [0.1, 0.15) is 32.8 Å². The first-order chi connectivity index (χ1) is 18.4. The van der Waals surface area contributed by atoms with E-state index in [9.17, 15) is 18.0 Å². The van der Waals surface area contributed by atoms with Gasteiger partial charge < -0.3 is 10.2 Å². The van der Waals surface area contributed by atoms with Crippen molar-refractivity contribution in [3.05, 3.63) is 93.4 Å². The smallest absolute Gasteiger partial charge is 0.264 e.